The van der Waals surface area contributed by atoms with Gasteiger partial charge in [-0.05, 0) is 38.6 Å². The van der Waals surface area contributed by atoms with Crippen LogP contribution in [-0.2, 0) is 0 Å². The van der Waals surface area contributed by atoms with Crippen LogP contribution >= 0.6 is 0 Å². The Morgan fingerprint density at radius 3 is 2.67 bits per heavy atom. The van der Waals surface area contributed by atoms with E-state index in [-0.39, 0.29) is 0 Å². The predicted octanol–water partition coefficient (Wildman–Crippen LogP) is 1.96. The highest BCUT2D eigenvalue weighted by molar-refractivity contribution is 5.35. The average Bonchev–Trinajstić information content (AvgIpc) is 2.87. The summed E-state index contributed by atoms with van der Waals surface area (Å²) in [5.74, 6) is 3.39. The Balaban J connectivity index is 1.71. The van der Waals surface area contributed by atoms with Gasteiger partial charge in [0.25, 0.3) is 0 Å². The van der Waals surface area contributed by atoms with Crippen LogP contribution in [-0.4, -0.2) is 41.5 Å². The number of likely N-dealkylation sites (tertiary alicyclic amines) is 1. The maximum Gasteiger partial charge on any atom is 0.129 e. The zero-order valence-corrected chi connectivity index (χ0v) is 11.3. The van der Waals surface area contributed by atoms with Crippen molar-refractivity contribution >= 4 is 5.82 Å². The zero-order valence-electron chi connectivity index (χ0n) is 11.3. The summed E-state index contributed by atoms with van der Waals surface area (Å²) in [7, 11) is 2.24. The fourth-order valence-electron chi connectivity index (χ4n) is 3.65. The molecule has 0 aromatic carbocycles. The van der Waals surface area contributed by atoms with Gasteiger partial charge in [-0.1, -0.05) is 0 Å². The van der Waals surface area contributed by atoms with Crippen LogP contribution in [0.2, 0.25) is 0 Å². The van der Waals surface area contributed by atoms with Gasteiger partial charge in [0.1, 0.15) is 12.1 Å². The van der Waals surface area contributed by atoms with Crippen LogP contribution < -0.4 is 5.32 Å². The van der Waals surface area contributed by atoms with Crippen molar-refractivity contribution in [2.75, 3.05) is 32.0 Å². The molecule has 1 N–H and O–H groups in total. The van der Waals surface area contributed by atoms with E-state index in [0.717, 1.165) is 24.2 Å². The Morgan fingerprint density at radius 2 is 2.00 bits per heavy atom. The van der Waals surface area contributed by atoms with Gasteiger partial charge in [-0.15, -0.1) is 0 Å². The minimum absolute atomic E-state index is 0.647. The van der Waals surface area contributed by atoms with Crippen LogP contribution in [0.25, 0.3) is 0 Å². The van der Waals surface area contributed by atoms with Crippen molar-refractivity contribution in [1.82, 2.24) is 14.9 Å². The molecular weight excluding hydrogens is 224 g/mol. The van der Waals surface area contributed by atoms with E-state index in [1.165, 1.54) is 31.6 Å². The molecule has 2 heterocycles. The van der Waals surface area contributed by atoms with E-state index < -0.39 is 0 Å². The van der Waals surface area contributed by atoms with Gasteiger partial charge in [0.15, 0.2) is 0 Å². The molecule has 0 radical (unpaired) electrons. The second-order valence-corrected chi connectivity index (χ2v) is 5.77. The van der Waals surface area contributed by atoms with E-state index in [1.807, 2.05) is 0 Å². The molecule has 98 valence electrons. The van der Waals surface area contributed by atoms with Crippen molar-refractivity contribution in [3.05, 3.63) is 18.1 Å². The largest absolute Gasteiger partial charge is 0.370 e. The van der Waals surface area contributed by atoms with Crippen molar-refractivity contribution < 1.29 is 0 Å². The van der Waals surface area contributed by atoms with Gasteiger partial charge in [-0.3, -0.25) is 0 Å². The summed E-state index contributed by atoms with van der Waals surface area (Å²) >= 11 is 0. The molecule has 3 atom stereocenters. The third-order valence-electron chi connectivity index (χ3n) is 4.40. The molecule has 4 heteroatoms. The Hall–Kier alpha value is -1.16. The van der Waals surface area contributed by atoms with Crippen molar-refractivity contribution in [2.45, 2.75) is 25.7 Å². The number of nitrogens with zero attached hydrogens (tertiary/aromatic N) is 3. The van der Waals surface area contributed by atoms with Crippen molar-refractivity contribution in [2.24, 2.45) is 11.8 Å². The number of anilines is 1. The van der Waals surface area contributed by atoms with Gasteiger partial charge in [0.2, 0.25) is 0 Å². The molecule has 2 aliphatic rings. The van der Waals surface area contributed by atoms with Crippen LogP contribution in [0.15, 0.2) is 12.4 Å². The van der Waals surface area contributed by atoms with Crippen molar-refractivity contribution in [3.8, 4) is 0 Å². The normalized spacial score (nSPS) is 31.6. The highest BCUT2D eigenvalue weighted by Gasteiger charge is 2.40. The van der Waals surface area contributed by atoms with E-state index in [0.29, 0.717) is 5.92 Å². The SMILES string of the molecule is CCNc1cc(C2C[C@@H]3CN(C)C[C@@H]3C2)ncn1. The summed E-state index contributed by atoms with van der Waals surface area (Å²) < 4.78 is 0. The molecule has 1 aromatic rings. The summed E-state index contributed by atoms with van der Waals surface area (Å²) in [5.41, 5.74) is 1.23. The lowest BCUT2D eigenvalue weighted by Crippen LogP contribution is -2.16. The van der Waals surface area contributed by atoms with E-state index in [9.17, 15) is 0 Å². The molecule has 0 spiro atoms. The molecule has 1 saturated heterocycles. The first kappa shape index (κ1) is 11.9. The van der Waals surface area contributed by atoms with Gasteiger partial charge in [0, 0.05) is 37.3 Å². The van der Waals surface area contributed by atoms with E-state index in [1.54, 1.807) is 6.33 Å². The summed E-state index contributed by atoms with van der Waals surface area (Å²) in [6, 6.07) is 2.14. The lowest BCUT2D eigenvalue weighted by molar-refractivity contribution is 0.370. The first-order valence-electron chi connectivity index (χ1n) is 7.00. The van der Waals surface area contributed by atoms with Crippen molar-refractivity contribution in [3.63, 3.8) is 0 Å². The highest BCUT2D eigenvalue weighted by Crippen LogP contribution is 2.45. The number of hydrogen-bond acceptors (Lipinski definition) is 4. The number of hydrogen-bond donors (Lipinski definition) is 1. The van der Waals surface area contributed by atoms with Crippen molar-refractivity contribution in [1.29, 1.82) is 0 Å². The van der Waals surface area contributed by atoms with Gasteiger partial charge >= 0.3 is 0 Å². The molecule has 0 bridgehead atoms. The standard InChI is InChI=1S/C14H22N4/c1-3-15-14-6-13(16-9-17-14)10-4-11-7-18(2)8-12(11)5-10/h6,9-12H,3-5,7-8H2,1-2H3,(H,15,16,17)/t10?,11-,12+. The smallest absolute Gasteiger partial charge is 0.129 e. The summed E-state index contributed by atoms with van der Waals surface area (Å²) in [4.78, 5) is 11.2. The predicted molar refractivity (Wildman–Crippen MR) is 72.6 cm³/mol. The molecule has 0 amide bonds. The van der Waals surface area contributed by atoms with E-state index >= 15 is 0 Å². The number of rotatable bonds is 3. The molecule has 1 aliphatic carbocycles. The van der Waals surface area contributed by atoms with Gasteiger partial charge in [-0.2, -0.15) is 0 Å². The lowest BCUT2D eigenvalue weighted by Gasteiger charge is -2.14. The summed E-state index contributed by atoms with van der Waals surface area (Å²) in [6.45, 7) is 5.55. The van der Waals surface area contributed by atoms with E-state index in [2.05, 4.69) is 40.2 Å². The number of fused-ring (bicyclic) bond motifs is 1. The first-order chi connectivity index (χ1) is 8.76. The third-order valence-corrected chi connectivity index (χ3v) is 4.40. The number of nitrogens with one attached hydrogen (secondary N) is 1. The molecule has 1 saturated carbocycles. The van der Waals surface area contributed by atoms with Crippen LogP contribution in [0.5, 0.6) is 0 Å². The molecular formula is C14H22N4. The average molecular weight is 246 g/mol. The molecule has 18 heavy (non-hydrogen) atoms. The fraction of sp³-hybridized carbons (Fsp3) is 0.714. The zero-order chi connectivity index (χ0) is 12.5. The Bertz CT molecular complexity index is 406. The summed E-state index contributed by atoms with van der Waals surface area (Å²) in [6.07, 6.45) is 4.31. The molecule has 3 rings (SSSR count). The maximum absolute atomic E-state index is 4.49. The molecule has 2 fully saturated rings. The molecule has 1 aromatic heterocycles. The monoisotopic (exact) mass is 246 g/mol. The fourth-order valence-corrected chi connectivity index (χ4v) is 3.65. The Kier molecular flexibility index (Phi) is 3.20. The highest BCUT2D eigenvalue weighted by atomic mass is 15.1. The second-order valence-electron chi connectivity index (χ2n) is 5.77. The minimum Gasteiger partial charge on any atom is -0.370 e. The third kappa shape index (κ3) is 2.21. The van der Waals surface area contributed by atoms with Gasteiger partial charge in [-0.25, -0.2) is 9.97 Å². The van der Waals surface area contributed by atoms with E-state index in [4.69, 9.17) is 0 Å². The van der Waals surface area contributed by atoms with Crippen LogP contribution in [0.4, 0.5) is 5.82 Å². The molecule has 4 nitrogen and oxygen atoms in total. The van der Waals surface area contributed by atoms with Crippen LogP contribution in [0.3, 0.4) is 0 Å². The van der Waals surface area contributed by atoms with Gasteiger partial charge in [0.05, 0.1) is 0 Å². The lowest BCUT2D eigenvalue weighted by atomic mass is 10.0. The number of aromatic nitrogens is 2. The molecule has 1 unspecified atom stereocenters. The first-order valence-corrected chi connectivity index (χ1v) is 7.00. The second kappa shape index (κ2) is 4.84. The van der Waals surface area contributed by atoms with Crippen LogP contribution in [0.1, 0.15) is 31.4 Å². The maximum atomic E-state index is 4.49. The van der Waals surface area contributed by atoms with Crippen LogP contribution in [0, 0.1) is 11.8 Å². The summed E-state index contributed by atoms with van der Waals surface area (Å²) in [5, 5.41) is 3.27. The Morgan fingerprint density at radius 1 is 1.28 bits per heavy atom. The topological polar surface area (TPSA) is 41.0 Å². The molecule has 1 aliphatic heterocycles. The van der Waals surface area contributed by atoms with Gasteiger partial charge < -0.3 is 10.2 Å². The quantitative estimate of drug-likeness (QED) is 0.885. The Labute approximate surface area is 109 Å². The minimum atomic E-state index is 0.647.